The van der Waals surface area contributed by atoms with Gasteiger partial charge in [-0.15, -0.1) is 0 Å². The molecule has 3 N–H and O–H groups in total. The van der Waals surface area contributed by atoms with Crippen molar-refractivity contribution in [2.45, 2.75) is 18.9 Å². The number of nitrogens with zero attached hydrogens (tertiary/aromatic N) is 6. The van der Waals surface area contributed by atoms with Crippen molar-refractivity contribution in [1.82, 2.24) is 30.0 Å². The molecule has 2 saturated heterocycles. The number of hydrogen-bond donors (Lipinski definition) is 3. The molecule has 0 saturated carbocycles. The van der Waals surface area contributed by atoms with Gasteiger partial charge in [-0.3, -0.25) is 0 Å². The van der Waals surface area contributed by atoms with Crippen LogP contribution in [0.2, 0.25) is 0 Å². The number of carbonyl (C=O) groups excluding carboxylic acids is 1. The summed E-state index contributed by atoms with van der Waals surface area (Å²) in [6, 6.07) is 6.94. The van der Waals surface area contributed by atoms with Crippen molar-refractivity contribution >= 4 is 34.7 Å². The molecule has 5 rings (SSSR count). The summed E-state index contributed by atoms with van der Waals surface area (Å²) in [6.07, 6.45) is 2.46. The topological polar surface area (TPSA) is 138 Å². The van der Waals surface area contributed by atoms with Crippen LogP contribution in [0, 0.1) is 0 Å². The van der Waals surface area contributed by atoms with Crippen LogP contribution in [-0.4, -0.2) is 88.3 Å². The zero-order chi connectivity index (χ0) is 24.4. The van der Waals surface area contributed by atoms with Crippen molar-refractivity contribution in [1.29, 1.82) is 0 Å². The number of piperidine rings is 1. The van der Waals surface area contributed by atoms with E-state index in [1.54, 1.807) is 25.4 Å². The van der Waals surface area contributed by atoms with E-state index < -0.39 is 6.09 Å². The summed E-state index contributed by atoms with van der Waals surface area (Å²) in [5.41, 5.74) is 2.14. The number of nitrogens with one attached hydrogen (secondary N) is 2. The number of rotatable bonds is 4. The molecular formula is C23H28N8O4. The van der Waals surface area contributed by atoms with Crippen molar-refractivity contribution in [3.8, 4) is 11.4 Å². The quantitative estimate of drug-likeness (QED) is 0.518. The Morgan fingerprint density at radius 2 is 1.89 bits per heavy atom. The Kier molecular flexibility index (Phi) is 6.36. The summed E-state index contributed by atoms with van der Waals surface area (Å²) in [4.78, 5) is 36.6. The fraction of sp³-hybridized carbons (Fsp3) is 0.435. The minimum Gasteiger partial charge on any atom is -0.465 e. The Labute approximate surface area is 201 Å². The molecule has 2 fully saturated rings. The third-order valence-electron chi connectivity index (χ3n) is 6.39. The average Bonchev–Trinajstić information content (AvgIpc) is 3.33. The van der Waals surface area contributed by atoms with Crippen LogP contribution in [0.15, 0.2) is 30.5 Å². The molecule has 3 aromatic rings. The molecule has 12 nitrogen and oxygen atoms in total. The third kappa shape index (κ3) is 4.69. The van der Waals surface area contributed by atoms with E-state index in [0.29, 0.717) is 56.6 Å². The Balaban J connectivity index is 1.55. The number of aromatic nitrogens is 4. The number of ether oxygens (including phenoxy) is 1. The third-order valence-corrected chi connectivity index (χ3v) is 6.39. The van der Waals surface area contributed by atoms with Crippen LogP contribution >= 0.6 is 0 Å². The Hall–Kier alpha value is -3.93. The number of carbonyl (C=O) groups is 2. The average molecular weight is 481 g/mol. The first-order valence-corrected chi connectivity index (χ1v) is 11.7. The largest absolute Gasteiger partial charge is 0.465 e. The standard InChI is InChI=1S/C23H28N8O4/c1-24-22(32)26-16-6-4-15(5-7-16)19-27-20(29-9-11-35-12-10-29)18-13-25-31(21(18)28-19)17-3-2-8-30(14-17)23(33)34/h4-7,13,17H,2-3,8-12,14H2,1H3,(H,33,34)(H2,24,26,32)/t17-/m0/s1. The zero-order valence-electron chi connectivity index (χ0n) is 19.5. The van der Waals surface area contributed by atoms with Crippen molar-refractivity contribution in [3.05, 3.63) is 30.5 Å². The molecule has 0 bridgehead atoms. The molecule has 0 aliphatic carbocycles. The minimum absolute atomic E-state index is 0.100. The van der Waals surface area contributed by atoms with Gasteiger partial charge in [0.15, 0.2) is 11.5 Å². The summed E-state index contributed by atoms with van der Waals surface area (Å²) < 4.78 is 7.38. The zero-order valence-corrected chi connectivity index (χ0v) is 19.5. The molecular weight excluding hydrogens is 452 g/mol. The number of hydrogen-bond acceptors (Lipinski definition) is 7. The van der Waals surface area contributed by atoms with E-state index in [1.165, 1.54) is 4.90 Å². The van der Waals surface area contributed by atoms with E-state index in [4.69, 9.17) is 14.7 Å². The highest BCUT2D eigenvalue weighted by Gasteiger charge is 2.28. The molecule has 2 aliphatic heterocycles. The van der Waals surface area contributed by atoms with Crippen LogP contribution in [-0.2, 0) is 4.74 Å². The lowest BCUT2D eigenvalue weighted by molar-refractivity contribution is 0.120. The summed E-state index contributed by atoms with van der Waals surface area (Å²) in [5, 5.41) is 20.2. The van der Waals surface area contributed by atoms with Crippen molar-refractivity contribution in [2.75, 3.05) is 56.7 Å². The number of carboxylic acid groups (broad SMARTS) is 1. The predicted molar refractivity (Wildman–Crippen MR) is 130 cm³/mol. The smallest absolute Gasteiger partial charge is 0.407 e. The summed E-state index contributed by atoms with van der Waals surface area (Å²) in [7, 11) is 1.56. The van der Waals surface area contributed by atoms with E-state index in [0.717, 1.165) is 29.6 Å². The van der Waals surface area contributed by atoms with Gasteiger partial charge in [-0.25, -0.2) is 24.2 Å². The fourth-order valence-corrected chi connectivity index (χ4v) is 4.55. The Bertz CT molecular complexity index is 1220. The van der Waals surface area contributed by atoms with E-state index in [1.807, 2.05) is 16.8 Å². The highest BCUT2D eigenvalue weighted by Crippen LogP contribution is 2.32. The fourth-order valence-electron chi connectivity index (χ4n) is 4.55. The molecule has 2 aromatic heterocycles. The second kappa shape index (κ2) is 9.74. The second-order valence-corrected chi connectivity index (χ2v) is 8.60. The molecule has 1 aromatic carbocycles. The lowest BCUT2D eigenvalue weighted by Crippen LogP contribution is -2.40. The number of fused-ring (bicyclic) bond motifs is 1. The molecule has 12 heteroatoms. The van der Waals surface area contributed by atoms with Gasteiger partial charge in [0.05, 0.1) is 30.8 Å². The van der Waals surface area contributed by atoms with Gasteiger partial charge in [-0.05, 0) is 37.1 Å². The highest BCUT2D eigenvalue weighted by molar-refractivity contribution is 5.90. The molecule has 3 amide bonds. The monoisotopic (exact) mass is 480 g/mol. The van der Waals surface area contributed by atoms with Gasteiger partial charge >= 0.3 is 12.1 Å². The number of amides is 3. The Morgan fingerprint density at radius 3 is 2.60 bits per heavy atom. The number of morpholine rings is 1. The van der Waals surface area contributed by atoms with Crippen LogP contribution < -0.4 is 15.5 Å². The summed E-state index contributed by atoms with van der Waals surface area (Å²) >= 11 is 0. The van der Waals surface area contributed by atoms with Crippen LogP contribution in [0.1, 0.15) is 18.9 Å². The summed E-state index contributed by atoms with van der Waals surface area (Å²) in [5.74, 6) is 1.33. The molecule has 0 spiro atoms. The lowest BCUT2D eigenvalue weighted by atomic mass is 10.1. The van der Waals surface area contributed by atoms with E-state index >= 15 is 0 Å². The van der Waals surface area contributed by atoms with Gasteiger partial charge < -0.3 is 30.3 Å². The second-order valence-electron chi connectivity index (χ2n) is 8.60. The summed E-state index contributed by atoms with van der Waals surface area (Å²) in [6.45, 7) is 3.55. The van der Waals surface area contributed by atoms with Crippen molar-refractivity contribution < 1.29 is 19.4 Å². The van der Waals surface area contributed by atoms with E-state index in [9.17, 15) is 14.7 Å². The number of benzene rings is 1. The predicted octanol–water partition coefficient (Wildman–Crippen LogP) is 2.40. The molecule has 0 unspecified atom stereocenters. The first-order valence-electron chi connectivity index (χ1n) is 11.7. The van der Waals surface area contributed by atoms with Crippen molar-refractivity contribution in [2.24, 2.45) is 0 Å². The minimum atomic E-state index is -0.916. The van der Waals surface area contributed by atoms with Crippen LogP contribution in [0.3, 0.4) is 0 Å². The van der Waals surface area contributed by atoms with Crippen LogP contribution in [0.4, 0.5) is 21.1 Å². The molecule has 1 atom stereocenters. The van der Waals surface area contributed by atoms with Gasteiger partial charge in [0.2, 0.25) is 0 Å². The molecule has 0 radical (unpaired) electrons. The molecule has 184 valence electrons. The SMILES string of the molecule is CNC(=O)Nc1ccc(-c2nc(N3CCOCC3)c3cnn([C@H]4CCCN(C(=O)O)C4)c3n2)cc1. The van der Waals surface area contributed by atoms with E-state index in [2.05, 4.69) is 20.6 Å². The normalized spacial score (nSPS) is 18.5. The number of urea groups is 1. The number of anilines is 2. The van der Waals surface area contributed by atoms with Gasteiger partial charge in [-0.1, -0.05) is 0 Å². The maximum atomic E-state index is 11.6. The molecule has 2 aliphatic rings. The van der Waals surface area contributed by atoms with E-state index in [-0.39, 0.29) is 12.1 Å². The maximum absolute atomic E-state index is 11.6. The molecule has 4 heterocycles. The van der Waals surface area contributed by atoms with Crippen molar-refractivity contribution in [3.63, 3.8) is 0 Å². The first-order chi connectivity index (χ1) is 17.0. The Morgan fingerprint density at radius 1 is 1.11 bits per heavy atom. The highest BCUT2D eigenvalue weighted by atomic mass is 16.5. The van der Waals surface area contributed by atoms with Gasteiger partial charge in [-0.2, -0.15) is 5.10 Å². The lowest BCUT2D eigenvalue weighted by Gasteiger charge is -2.31. The van der Waals surface area contributed by atoms with Gasteiger partial charge in [0.25, 0.3) is 0 Å². The first kappa shape index (κ1) is 22.8. The van der Waals surface area contributed by atoms with Gasteiger partial charge in [0, 0.05) is 44.5 Å². The molecule has 35 heavy (non-hydrogen) atoms. The van der Waals surface area contributed by atoms with Gasteiger partial charge in [0.1, 0.15) is 5.82 Å². The van der Waals surface area contributed by atoms with Crippen LogP contribution in [0.25, 0.3) is 22.4 Å². The van der Waals surface area contributed by atoms with Crippen LogP contribution in [0.5, 0.6) is 0 Å². The number of likely N-dealkylation sites (tertiary alicyclic amines) is 1. The maximum Gasteiger partial charge on any atom is 0.407 e.